The summed E-state index contributed by atoms with van der Waals surface area (Å²) in [5.74, 6) is -0.0136. The third-order valence-electron chi connectivity index (χ3n) is 5.65. The van der Waals surface area contributed by atoms with Crippen LogP contribution in [0.3, 0.4) is 0 Å². The fraction of sp³-hybridized carbons (Fsp3) is 0.667. The van der Waals surface area contributed by atoms with Crippen molar-refractivity contribution in [3.05, 3.63) is 20.8 Å². The van der Waals surface area contributed by atoms with Crippen molar-refractivity contribution in [2.45, 2.75) is 81.8 Å². The van der Waals surface area contributed by atoms with Gasteiger partial charge in [-0.25, -0.2) is 4.98 Å². The summed E-state index contributed by atoms with van der Waals surface area (Å²) in [7, 11) is 0. The summed E-state index contributed by atoms with van der Waals surface area (Å²) in [6, 6.07) is 0. The Balaban J connectivity index is 1.72. The first-order valence-electron chi connectivity index (χ1n) is 10.7. The largest absolute Gasteiger partial charge is 0.376 e. The Hall–Kier alpha value is -1.38. The van der Waals surface area contributed by atoms with Gasteiger partial charge >= 0.3 is 0 Å². The number of carbonyl (C=O) groups excluding carboxylic acids is 1. The van der Waals surface area contributed by atoms with E-state index >= 15 is 0 Å². The van der Waals surface area contributed by atoms with Gasteiger partial charge in [0.15, 0.2) is 5.16 Å². The second-order valence-corrected chi connectivity index (χ2v) is 10.3. The number of nitrogens with zero attached hydrogens (tertiary/aromatic N) is 2. The fourth-order valence-corrected chi connectivity index (χ4v) is 6.31. The molecule has 0 saturated carbocycles. The Kier molecular flexibility index (Phi) is 6.61. The highest BCUT2D eigenvalue weighted by Gasteiger charge is 2.26. The molecule has 158 valence electrons. The molecule has 0 radical (unpaired) electrons. The second-order valence-electron chi connectivity index (χ2n) is 7.89. The summed E-state index contributed by atoms with van der Waals surface area (Å²) >= 11 is 3.04. The van der Waals surface area contributed by atoms with E-state index in [9.17, 15) is 9.59 Å². The first-order chi connectivity index (χ1) is 14.1. The monoisotopic (exact) mass is 435 g/mol. The Bertz CT molecular complexity index is 947. The van der Waals surface area contributed by atoms with E-state index in [1.165, 1.54) is 28.6 Å². The van der Waals surface area contributed by atoms with Gasteiger partial charge in [0, 0.05) is 18.0 Å². The average molecular weight is 436 g/mol. The Morgan fingerprint density at radius 3 is 2.97 bits per heavy atom. The standard InChI is InChI=1S/C21H29N3O3S2/c1-3-10-22-18(25)13(2)28-21-23-19-17(15-8-4-5-9-16(15)29-19)20(26)24(21)12-14-7-6-11-27-14/h13-14H,3-12H2,1-2H3,(H,22,25). The Labute approximate surface area is 179 Å². The Morgan fingerprint density at radius 2 is 2.21 bits per heavy atom. The lowest BCUT2D eigenvalue weighted by Gasteiger charge is -2.18. The van der Waals surface area contributed by atoms with Gasteiger partial charge in [0.05, 0.1) is 23.3 Å². The number of rotatable bonds is 7. The summed E-state index contributed by atoms with van der Waals surface area (Å²) in [6.07, 6.45) is 7.26. The molecule has 2 aromatic rings. The lowest BCUT2D eigenvalue weighted by Crippen LogP contribution is -2.33. The molecule has 1 aliphatic heterocycles. The van der Waals surface area contributed by atoms with Crippen molar-refractivity contribution in [3.63, 3.8) is 0 Å². The van der Waals surface area contributed by atoms with Gasteiger partial charge in [-0.3, -0.25) is 14.2 Å². The zero-order valence-corrected chi connectivity index (χ0v) is 18.8. The summed E-state index contributed by atoms with van der Waals surface area (Å²) in [5, 5.41) is 4.07. The van der Waals surface area contributed by atoms with Gasteiger partial charge in [0.1, 0.15) is 4.83 Å². The van der Waals surface area contributed by atoms with Crippen LogP contribution in [0.15, 0.2) is 9.95 Å². The maximum atomic E-state index is 13.6. The minimum Gasteiger partial charge on any atom is -0.376 e. The van der Waals surface area contributed by atoms with Crippen molar-refractivity contribution in [2.75, 3.05) is 13.2 Å². The number of carbonyl (C=O) groups is 1. The molecular weight excluding hydrogens is 406 g/mol. The number of hydrogen-bond donors (Lipinski definition) is 1. The van der Waals surface area contributed by atoms with Gasteiger partial charge < -0.3 is 10.1 Å². The number of ether oxygens (including phenoxy) is 1. The molecule has 2 atom stereocenters. The van der Waals surface area contributed by atoms with Crippen molar-refractivity contribution in [1.29, 1.82) is 0 Å². The van der Waals surface area contributed by atoms with Gasteiger partial charge in [-0.15, -0.1) is 11.3 Å². The maximum absolute atomic E-state index is 13.6. The highest BCUT2D eigenvalue weighted by Crippen LogP contribution is 2.35. The van der Waals surface area contributed by atoms with Crippen LogP contribution in [0, 0.1) is 0 Å². The summed E-state index contributed by atoms with van der Waals surface area (Å²) in [6.45, 7) is 5.84. The molecule has 2 unspecified atom stereocenters. The van der Waals surface area contributed by atoms with Crippen molar-refractivity contribution < 1.29 is 9.53 Å². The molecule has 1 N–H and O–H groups in total. The van der Waals surface area contributed by atoms with E-state index in [-0.39, 0.29) is 22.8 Å². The van der Waals surface area contributed by atoms with Crippen LogP contribution in [-0.4, -0.2) is 40.0 Å². The van der Waals surface area contributed by atoms with E-state index in [2.05, 4.69) is 5.32 Å². The topological polar surface area (TPSA) is 73.2 Å². The van der Waals surface area contributed by atoms with E-state index in [1.807, 2.05) is 13.8 Å². The second kappa shape index (κ2) is 9.18. The van der Waals surface area contributed by atoms with Gasteiger partial charge in [0.25, 0.3) is 5.56 Å². The zero-order valence-electron chi connectivity index (χ0n) is 17.2. The van der Waals surface area contributed by atoms with E-state index in [4.69, 9.17) is 9.72 Å². The molecule has 4 rings (SSSR count). The normalized spacial score (nSPS) is 20.0. The van der Waals surface area contributed by atoms with Gasteiger partial charge in [-0.05, 0) is 57.4 Å². The van der Waals surface area contributed by atoms with Crippen LogP contribution in [0.5, 0.6) is 0 Å². The molecule has 8 heteroatoms. The molecule has 1 fully saturated rings. The smallest absolute Gasteiger partial charge is 0.263 e. The first kappa shape index (κ1) is 20.9. The van der Waals surface area contributed by atoms with Crippen LogP contribution in [-0.2, 0) is 28.9 Å². The minimum absolute atomic E-state index is 0.0136. The van der Waals surface area contributed by atoms with Crippen molar-refractivity contribution in [2.24, 2.45) is 0 Å². The number of hydrogen-bond acceptors (Lipinski definition) is 6. The molecule has 1 saturated heterocycles. The number of amides is 1. The molecular formula is C21H29N3O3S2. The van der Waals surface area contributed by atoms with Crippen LogP contribution in [0.4, 0.5) is 0 Å². The molecule has 1 amide bonds. The predicted molar refractivity (Wildman–Crippen MR) is 118 cm³/mol. The molecule has 1 aliphatic carbocycles. The van der Waals surface area contributed by atoms with Crippen LogP contribution in [0.1, 0.15) is 56.4 Å². The Morgan fingerprint density at radius 1 is 1.38 bits per heavy atom. The van der Waals surface area contributed by atoms with Crippen LogP contribution >= 0.6 is 23.1 Å². The number of fused-ring (bicyclic) bond motifs is 3. The van der Waals surface area contributed by atoms with E-state index < -0.39 is 0 Å². The number of thioether (sulfide) groups is 1. The number of aryl methyl sites for hydroxylation is 2. The van der Waals surface area contributed by atoms with E-state index in [0.717, 1.165) is 55.3 Å². The molecule has 3 heterocycles. The summed E-state index contributed by atoms with van der Waals surface area (Å²) in [4.78, 5) is 33.0. The summed E-state index contributed by atoms with van der Waals surface area (Å²) in [5.41, 5.74) is 1.24. The van der Waals surface area contributed by atoms with Crippen molar-refractivity contribution in [1.82, 2.24) is 14.9 Å². The zero-order chi connectivity index (χ0) is 20.4. The predicted octanol–water partition coefficient (Wildman–Crippen LogP) is 3.52. The number of aromatic nitrogens is 2. The SMILES string of the molecule is CCCNC(=O)C(C)Sc1nc2sc3c(c2c(=O)n1CC1CCCO1)CCCC3. The molecule has 2 aliphatic rings. The lowest BCUT2D eigenvalue weighted by atomic mass is 9.97. The van der Waals surface area contributed by atoms with Crippen LogP contribution in [0.25, 0.3) is 10.2 Å². The van der Waals surface area contributed by atoms with E-state index in [1.54, 1.807) is 15.9 Å². The van der Waals surface area contributed by atoms with Crippen LogP contribution in [0.2, 0.25) is 0 Å². The highest BCUT2D eigenvalue weighted by molar-refractivity contribution is 8.00. The van der Waals surface area contributed by atoms with Gasteiger partial charge in [-0.2, -0.15) is 0 Å². The fourth-order valence-electron chi connectivity index (χ4n) is 4.07. The van der Waals surface area contributed by atoms with Crippen molar-refractivity contribution >= 4 is 39.2 Å². The van der Waals surface area contributed by atoms with E-state index in [0.29, 0.717) is 18.2 Å². The third kappa shape index (κ3) is 4.39. The number of nitrogens with one attached hydrogen (secondary N) is 1. The molecule has 6 nitrogen and oxygen atoms in total. The third-order valence-corrected chi connectivity index (χ3v) is 7.93. The number of thiophene rings is 1. The van der Waals surface area contributed by atoms with Crippen LogP contribution < -0.4 is 10.9 Å². The summed E-state index contributed by atoms with van der Waals surface area (Å²) < 4.78 is 7.58. The highest BCUT2D eigenvalue weighted by atomic mass is 32.2. The molecule has 0 aromatic carbocycles. The lowest BCUT2D eigenvalue weighted by molar-refractivity contribution is -0.120. The average Bonchev–Trinajstić information content (AvgIpc) is 3.36. The molecule has 0 spiro atoms. The van der Waals surface area contributed by atoms with Gasteiger partial charge in [0.2, 0.25) is 5.91 Å². The quantitative estimate of drug-likeness (QED) is 0.532. The molecule has 0 bridgehead atoms. The van der Waals surface area contributed by atoms with Crippen molar-refractivity contribution in [3.8, 4) is 0 Å². The molecule has 29 heavy (non-hydrogen) atoms. The maximum Gasteiger partial charge on any atom is 0.263 e. The molecule has 2 aromatic heterocycles. The first-order valence-corrected chi connectivity index (χ1v) is 12.4. The van der Waals surface area contributed by atoms with Gasteiger partial charge in [-0.1, -0.05) is 18.7 Å². The minimum atomic E-state index is -0.309.